The Balaban J connectivity index is 1.03. The summed E-state index contributed by atoms with van der Waals surface area (Å²) in [5.74, 6) is 1.85. The molecule has 0 amide bonds. The van der Waals surface area contributed by atoms with Crippen molar-refractivity contribution in [2.75, 3.05) is 0 Å². The Labute approximate surface area is 359 Å². The van der Waals surface area contributed by atoms with Crippen LogP contribution in [-0.4, -0.2) is 15.0 Å². The van der Waals surface area contributed by atoms with Crippen molar-refractivity contribution in [3.63, 3.8) is 0 Å². The molecule has 0 spiro atoms. The molecule has 11 aromatic rings. The summed E-state index contributed by atoms with van der Waals surface area (Å²) < 4.78 is 6.52. The Kier molecular flexibility index (Phi) is 8.36. The monoisotopic (exact) mass is 791 g/mol. The minimum absolute atomic E-state index is 0.541. The lowest BCUT2D eigenvalue weighted by Crippen LogP contribution is -2.28. The van der Waals surface area contributed by atoms with Crippen LogP contribution in [0, 0.1) is 0 Å². The smallest absolute Gasteiger partial charge is 0.164 e. The highest BCUT2D eigenvalue weighted by Gasteiger charge is 2.47. The second-order valence-corrected chi connectivity index (χ2v) is 15.9. The minimum atomic E-state index is -0.541. The molecule has 9 aromatic carbocycles. The van der Waals surface area contributed by atoms with Gasteiger partial charge in [0.05, 0.1) is 5.41 Å². The Morgan fingerprint density at radius 1 is 0.323 bits per heavy atom. The van der Waals surface area contributed by atoms with E-state index in [1.807, 2.05) is 24.3 Å². The van der Waals surface area contributed by atoms with E-state index in [4.69, 9.17) is 19.4 Å². The fraction of sp³-hybridized carbons (Fsp3) is 0.0172. The lowest BCUT2D eigenvalue weighted by Gasteiger charge is -2.33. The molecule has 4 nitrogen and oxygen atoms in total. The number of rotatable bonds is 7. The van der Waals surface area contributed by atoms with Gasteiger partial charge in [0.25, 0.3) is 0 Å². The molecule has 0 saturated heterocycles. The first-order valence-electron chi connectivity index (χ1n) is 21.0. The Morgan fingerprint density at radius 2 is 0.839 bits per heavy atom. The fourth-order valence-corrected chi connectivity index (χ4v) is 9.72. The van der Waals surface area contributed by atoms with Crippen LogP contribution >= 0.6 is 0 Å². The van der Waals surface area contributed by atoms with E-state index in [0.717, 1.165) is 60.9 Å². The van der Waals surface area contributed by atoms with Gasteiger partial charge in [-0.05, 0) is 79.9 Å². The van der Waals surface area contributed by atoms with E-state index in [1.165, 1.54) is 33.4 Å². The van der Waals surface area contributed by atoms with Gasteiger partial charge in [-0.1, -0.05) is 200 Å². The molecular formula is C58H37N3O. The van der Waals surface area contributed by atoms with Gasteiger partial charge in [-0.25, -0.2) is 15.0 Å². The standard InChI is InChI=1S/C58H37N3O/c1-5-18-38(19-6-1)45-29-17-33-51-54(45)47-35-34-41(37-52(47)62-51)40-22-15-23-42(36-40)56-59-55(39-20-7-2-8-21-39)60-57(61-56)48-30-16-32-50-53(48)46-28-13-14-31-49(46)58(50,43-24-9-3-10-25-43)44-26-11-4-12-27-44/h1-37H. The molecule has 62 heavy (non-hydrogen) atoms. The summed E-state index contributed by atoms with van der Waals surface area (Å²) >= 11 is 0. The SMILES string of the molecule is c1ccc(-c2nc(-c3cccc(-c4ccc5c(c4)oc4cccc(-c6ccccc6)c45)c3)nc(-c3cccc4c3-c3ccccc3C4(c3ccccc3)c3ccccc3)n2)cc1. The van der Waals surface area contributed by atoms with Gasteiger partial charge in [0.15, 0.2) is 17.5 Å². The highest BCUT2D eigenvalue weighted by Crippen LogP contribution is 2.58. The van der Waals surface area contributed by atoms with E-state index in [0.29, 0.717) is 17.5 Å². The second kappa shape index (κ2) is 14.5. The predicted molar refractivity (Wildman–Crippen MR) is 252 cm³/mol. The lowest BCUT2D eigenvalue weighted by atomic mass is 9.67. The van der Waals surface area contributed by atoms with Crippen molar-refractivity contribution in [1.82, 2.24) is 15.0 Å². The summed E-state index contributed by atoms with van der Waals surface area (Å²) in [6, 6.07) is 79.1. The molecule has 1 aliphatic rings. The van der Waals surface area contributed by atoms with Crippen LogP contribution in [0.1, 0.15) is 22.3 Å². The summed E-state index contributed by atoms with van der Waals surface area (Å²) in [7, 11) is 0. The molecule has 0 bridgehead atoms. The van der Waals surface area contributed by atoms with Gasteiger partial charge in [-0.3, -0.25) is 0 Å². The van der Waals surface area contributed by atoms with Crippen LogP contribution in [0.5, 0.6) is 0 Å². The van der Waals surface area contributed by atoms with Crippen LogP contribution in [0.25, 0.3) is 89.5 Å². The Morgan fingerprint density at radius 3 is 1.58 bits per heavy atom. The van der Waals surface area contributed by atoms with Crippen LogP contribution in [0.2, 0.25) is 0 Å². The normalized spacial score (nSPS) is 12.6. The third-order valence-corrected chi connectivity index (χ3v) is 12.4. The average Bonchev–Trinajstić information content (AvgIpc) is 3.89. The molecule has 0 aliphatic heterocycles. The first-order chi connectivity index (χ1) is 30.7. The molecule has 12 rings (SSSR count). The molecule has 0 N–H and O–H groups in total. The predicted octanol–water partition coefficient (Wildman–Crippen LogP) is 14.5. The Hall–Kier alpha value is -8.21. The zero-order valence-electron chi connectivity index (χ0n) is 33.6. The maximum atomic E-state index is 6.52. The third kappa shape index (κ3) is 5.65. The second-order valence-electron chi connectivity index (χ2n) is 15.9. The lowest BCUT2D eigenvalue weighted by molar-refractivity contribution is 0.669. The van der Waals surface area contributed by atoms with Crippen LogP contribution < -0.4 is 0 Å². The average molecular weight is 792 g/mol. The number of furan rings is 1. The molecule has 0 unspecified atom stereocenters. The molecule has 2 heterocycles. The summed E-state index contributed by atoms with van der Waals surface area (Å²) in [5.41, 5.74) is 15.6. The third-order valence-electron chi connectivity index (χ3n) is 12.4. The molecule has 0 radical (unpaired) electrons. The summed E-state index contributed by atoms with van der Waals surface area (Å²) in [5, 5.41) is 2.22. The summed E-state index contributed by atoms with van der Waals surface area (Å²) in [4.78, 5) is 15.8. The van der Waals surface area contributed by atoms with Gasteiger partial charge < -0.3 is 4.42 Å². The molecule has 2 aromatic heterocycles. The molecular weight excluding hydrogens is 755 g/mol. The van der Waals surface area contributed by atoms with Crippen molar-refractivity contribution in [2.45, 2.75) is 5.41 Å². The van der Waals surface area contributed by atoms with E-state index >= 15 is 0 Å². The van der Waals surface area contributed by atoms with Gasteiger partial charge >= 0.3 is 0 Å². The van der Waals surface area contributed by atoms with Crippen molar-refractivity contribution in [3.05, 3.63) is 247 Å². The van der Waals surface area contributed by atoms with Crippen LogP contribution in [-0.2, 0) is 5.41 Å². The maximum absolute atomic E-state index is 6.52. The first kappa shape index (κ1) is 35.7. The van der Waals surface area contributed by atoms with Crippen molar-refractivity contribution >= 4 is 21.9 Å². The van der Waals surface area contributed by atoms with E-state index in [2.05, 4.69) is 200 Å². The zero-order valence-corrected chi connectivity index (χ0v) is 33.6. The van der Waals surface area contributed by atoms with Crippen molar-refractivity contribution in [3.8, 4) is 67.5 Å². The van der Waals surface area contributed by atoms with E-state index in [1.54, 1.807) is 0 Å². The highest BCUT2D eigenvalue weighted by molar-refractivity contribution is 6.13. The molecule has 0 fully saturated rings. The molecule has 0 atom stereocenters. The fourth-order valence-electron chi connectivity index (χ4n) is 9.72. The van der Waals surface area contributed by atoms with Crippen molar-refractivity contribution in [1.29, 1.82) is 0 Å². The number of nitrogens with zero attached hydrogens (tertiary/aromatic N) is 3. The molecule has 290 valence electrons. The van der Waals surface area contributed by atoms with Crippen molar-refractivity contribution in [2.24, 2.45) is 0 Å². The number of benzene rings is 9. The minimum Gasteiger partial charge on any atom is -0.456 e. The molecule has 0 saturated carbocycles. The Bertz CT molecular complexity index is 3410. The summed E-state index contributed by atoms with van der Waals surface area (Å²) in [6.07, 6.45) is 0. The van der Waals surface area contributed by atoms with Gasteiger partial charge in [0, 0.05) is 27.5 Å². The van der Waals surface area contributed by atoms with E-state index in [9.17, 15) is 0 Å². The number of fused-ring (bicyclic) bond motifs is 6. The van der Waals surface area contributed by atoms with Crippen LogP contribution in [0.3, 0.4) is 0 Å². The summed E-state index contributed by atoms with van der Waals surface area (Å²) in [6.45, 7) is 0. The van der Waals surface area contributed by atoms with Gasteiger partial charge in [0.1, 0.15) is 11.2 Å². The van der Waals surface area contributed by atoms with Gasteiger partial charge in [-0.2, -0.15) is 0 Å². The number of hydrogen-bond acceptors (Lipinski definition) is 4. The maximum Gasteiger partial charge on any atom is 0.164 e. The number of hydrogen-bond donors (Lipinski definition) is 0. The topological polar surface area (TPSA) is 51.8 Å². The van der Waals surface area contributed by atoms with Crippen molar-refractivity contribution < 1.29 is 4.42 Å². The largest absolute Gasteiger partial charge is 0.456 e. The quantitative estimate of drug-likeness (QED) is 0.161. The molecule has 4 heteroatoms. The van der Waals surface area contributed by atoms with Gasteiger partial charge in [0.2, 0.25) is 0 Å². The first-order valence-corrected chi connectivity index (χ1v) is 21.0. The molecule has 1 aliphatic carbocycles. The highest BCUT2D eigenvalue weighted by atomic mass is 16.3. The van der Waals surface area contributed by atoms with Crippen LogP contribution in [0.4, 0.5) is 0 Å². The van der Waals surface area contributed by atoms with Crippen LogP contribution in [0.15, 0.2) is 229 Å². The van der Waals surface area contributed by atoms with Gasteiger partial charge in [-0.15, -0.1) is 0 Å². The van der Waals surface area contributed by atoms with E-state index in [-0.39, 0.29) is 0 Å². The number of aromatic nitrogens is 3. The van der Waals surface area contributed by atoms with E-state index < -0.39 is 5.41 Å². The zero-order chi connectivity index (χ0) is 41.0.